The fourth-order valence-corrected chi connectivity index (χ4v) is 4.34. The van der Waals surface area contributed by atoms with Crippen molar-refractivity contribution in [3.8, 4) is 11.5 Å². The first-order valence-corrected chi connectivity index (χ1v) is 11.1. The first kappa shape index (κ1) is 20.5. The van der Waals surface area contributed by atoms with Gasteiger partial charge < -0.3 is 14.8 Å². The highest BCUT2D eigenvalue weighted by Gasteiger charge is 2.23. The van der Waals surface area contributed by atoms with Crippen LogP contribution in [0.5, 0.6) is 11.5 Å². The summed E-state index contributed by atoms with van der Waals surface area (Å²) in [6.07, 6.45) is 1.06. The Labute approximate surface area is 169 Å². The van der Waals surface area contributed by atoms with E-state index in [4.69, 9.17) is 21.1 Å². The average Bonchev–Trinajstić information content (AvgIpc) is 2.64. The monoisotopic (exact) mass is 423 g/mol. The second kappa shape index (κ2) is 8.01. The van der Waals surface area contributed by atoms with Gasteiger partial charge in [-0.15, -0.1) is 0 Å². The zero-order valence-corrected chi connectivity index (χ0v) is 17.4. The number of hydrogen-bond acceptors (Lipinski definition) is 5. The normalized spacial score (nSPS) is 14.6. The second-order valence-corrected chi connectivity index (χ2v) is 9.41. The van der Waals surface area contributed by atoms with Gasteiger partial charge >= 0.3 is 0 Å². The third-order valence-corrected chi connectivity index (χ3v) is 6.05. The van der Waals surface area contributed by atoms with Crippen molar-refractivity contribution in [2.75, 3.05) is 19.5 Å². The van der Waals surface area contributed by atoms with E-state index in [2.05, 4.69) is 5.32 Å². The van der Waals surface area contributed by atoms with E-state index in [1.807, 2.05) is 32.0 Å². The predicted octanol–water partition coefficient (Wildman–Crippen LogP) is 3.64. The number of hydrogen-bond donors (Lipinski definition) is 1. The summed E-state index contributed by atoms with van der Waals surface area (Å²) in [6.45, 7) is 4.97. The molecule has 0 aromatic heterocycles. The largest absolute Gasteiger partial charge is 0.486 e. The SMILES string of the molecule is CC(C)[C@@H](NC(=O)c1ccc(Cl)c(S(C)(=O)=O)c1)c1ccc2c(c1)OCCO2. The lowest BCUT2D eigenvalue weighted by atomic mass is 9.95. The van der Waals surface area contributed by atoms with E-state index in [1.54, 1.807) is 0 Å². The van der Waals surface area contributed by atoms with Crippen LogP contribution in [-0.2, 0) is 9.84 Å². The van der Waals surface area contributed by atoms with Gasteiger partial charge in [0.15, 0.2) is 21.3 Å². The molecular formula is C20H22ClNO5S. The third-order valence-electron chi connectivity index (χ3n) is 4.47. The number of carbonyl (C=O) groups is 1. The molecule has 0 spiro atoms. The first-order valence-electron chi connectivity index (χ1n) is 8.87. The van der Waals surface area contributed by atoms with Crippen LogP contribution in [0.2, 0.25) is 5.02 Å². The highest BCUT2D eigenvalue weighted by atomic mass is 35.5. The van der Waals surface area contributed by atoms with Crippen LogP contribution in [-0.4, -0.2) is 33.8 Å². The van der Waals surface area contributed by atoms with Gasteiger partial charge in [0.2, 0.25) is 0 Å². The predicted molar refractivity (Wildman–Crippen MR) is 107 cm³/mol. The Bertz CT molecular complexity index is 1000. The van der Waals surface area contributed by atoms with Crippen molar-refractivity contribution in [2.24, 2.45) is 5.92 Å². The summed E-state index contributed by atoms with van der Waals surface area (Å²) in [5.74, 6) is 1.04. The number of nitrogens with one attached hydrogen (secondary N) is 1. The molecule has 0 radical (unpaired) electrons. The number of ether oxygens (including phenoxy) is 2. The molecule has 0 fully saturated rings. The molecule has 1 N–H and O–H groups in total. The molecule has 1 aliphatic heterocycles. The van der Waals surface area contributed by atoms with Crippen molar-refractivity contribution >= 4 is 27.3 Å². The van der Waals surface area contributed by atoms with E-state index < -0.39 is 9.84 Å². The number of carbonyl (C=O) groups excluding carboxylic acids is 1. The average molecular weight is 424 g/mol. The van der Waals surface area contributed by atoms with Crippen molar-refractivity contribution in [1.82, 2.24) is 5.32 Å². The molecule has 3 rings (SSSR count). The molecule has 0 bridgehead atoms. The summed E-state index contributed by atoms with van der Waals surface area (Å²) >= 11 is 5.97. The second-order valence-electron chi connectivity index (χ2n) is 7.02. The lowest BCUT2D eigenvalue weighted by Crippen LogP contribution is -2.32. The lowest BCUT2D eigenvalue weighted by Gasteiger charge is -2.25. The molecule has 1 amide bonds. The van der Waals surface area contributed by atoms with Gasteiger partial charge in [-0.25, -0.2) is 8.42 Å². The maximum Gasteiger partial charge on any atom is 0.251 e. The maximum absolute atomic E-state index is 12.8. The summed E-state index contributed by atoms with van der Waals surface area (Å²) < 4.78 is 34.9. The van der Waals surface area contributed by atoms with Crippen LogP contribution >= 0.6 is 11.6 Å². The van der Waals surface area contributed by atoms with Crippen molar-refractivity contribution in [3.63, 3.8) is 0 Å². The van der Waals surface area contributed by atoms with E-state index in [1.165, 1.54) is 18.2 Å². The zero-order chi connectivity index (χ0) is 20.5. The van der Waals surface area contributed by atoms with Crippen molar-refractivity contribution in [3.05, 3.63) is 52.5 Å². The van der Waals surface area contributed by atoms with Gasteiger partial charge in [0.05, 0.1) is 16.0 Å². The van der Waals surface area contributed by atoms with Gasteiger partial charge in [-0.2, -0.15) is 0 Å². The molecule has 0 aliphatic carbocycles. The number of halogens is 1. The van der Waals surface area contributed by atoms with Crippen LogP contribution in [0.3, 0.4) is 0 Å². The quantitative estimate of drug-likeness (QED) is 0.793. The van der Waals surface area contributed by atoms with Gasteiger partial charge in [0.1, 0.15) is 13.2 Å². The standard InChI is InChI=1S/C20H22ClNO5S/c1-12(2)19(13-5-7-16-17(10-13)27-9-8-26-16)22-20(23)14-4-6-15(21)18(11-14)28(3,24)25/h4-7,10-12,19H,8-9H2,1-3H3,(H,22,23)/t19-/m1/s1. The molecular weight excluding hydrogens is 402 g/mol. The zero-order valence-electron chi connectivity index (χ0n) is 15.9. The van der Waals surface area contributed by atoms with Gasteiger partial charge in [-0.3, -0.25) is 4.79 Å². The molecule has 150 valence electrons. The van der Waals surface area contributed by atoms with E-state index in [0.717, 1.165) is 11.8 Å². The molecule has 0 saturated heterocycles. The number of fused-ring (bicyclic) bond motifs is 1. The van der Waals surface area contributed by atoms with E-state index >= 15 is 0 Å². The van der Waals surface area contributed by atoms with E-state index in [-0.39, 0.29) is 33.3 Å². The summed E-state index contributed by atoms with van der Waals surface area (Å²) in [5, 5.41) is 3.07. The minimum atomic E-state index is -3.54. The van der Waals surface area contributed by atoms with Crippen LogP contribution < -0.4 is 14.8 Å². The number of rotatable bonds is 5. The fourth-order valence-electron chi connectivity index (χ4n) is 3.04. The molecule has 1 atom stereocenters. The molecule has 1 aliphatic rings. The van der Waals surface area contributed by atoms with E-state index in [0.29, 0.717) is 24.7 Å². The lowest BCUT2D eigenvalue weighted by molar-refractivity contribution is 0.0925. The molecule has 0 unspecified atom stereocenters. The van der Waals surface area contributed by atoms with Crippen molar-refractivity contribution in [1.29, 1.82) is 0 Å². The minimum Gasteiger partial charge on any atom is -0.486 e. The summed E-state index contributed by atoms with van der Waals surface area (Å²) in [4.78, 5) is 12.7. The van der Waals surface area contributed by atoms with Crippen LogP contribution in [0.4, 0.5) is 0 Å². The molecule has 6 nitrogen and oxygen atoms in total. The van der Waals surface area contributed by atoms with Crippen LogP contribution in [0, 0.1) is 5.92 Å². The Balaban J connectivity index is 1.88. The summed E-state index contributed by atoms with van der Waals surface area (Å²) in [6, 6.07) is 9.52. The number of benzene rings is 2. The van der Waals surface area contributed by atoms with Crippen LogP contribution in [0.25, 0.3) is 0 Å². The summed E-state index contributed by atoms with van der Waals surface area (Å²) in [7, 11) is -3.54. The molecule has 2 aromatic carbocycles. The van der Waals surface area contributed by atoms with Crippen LogP contribution in [0.15, 0.2) is 41.3 Å². The fraction of sp³-hybridized carbons (Fsp3) is 0.350. The van der Waals surface area contributed by atoms with Gasteiger partial charge in [0.25, 0.3) is 5.91 Å². The smallest absolute Gasteiger partial charge is 0.251 e. The number of sulfone groups is 1. The Morgan fingerprint density at radius 3 is 2.39 bits per heavy atom. The summed E-state index contributed by atoms with van der Waals surface area (Å²) in [5.41, 5.74) is 1.11. The molecule has 2 aromatic rings. The highest BCUT2D eigenvalue weighted by Crippen LogP contribution is 2.34. The van der Waals surface area contributed by atoms with Crippen molar-refractivity contribution in [2.45, 2.75) is 24.8 Å². The third kappa shape index (κ3) is 4.42. The molecule has 8 heteroatoms. The minimum absolute atomic E-state index is 0.0674. The maximum atomic E-state index is 12.8. The highest BCUT2D eigenvalue weighted by molar-refractivity contribution is 7.90. The Hall–Kier alpha value is -2.25. The number of amides is 1. The van der Waals surface area contributed by atoms with E-state index in [9.17, 15) is 13.2 Å². The van der Waals surface area contributed by atoms with Gasteiger partial charge in [-0.05, 0) is 41.8 Å². The molecule has 1 heterocycles. The molecule has 28 heavy (non-hydrogen) atoms. The first-order chi connectivity index (χ1) is 13.2. The Morgan fingerprint density at radius 1 is 1.07 bits per heavy atom. The van der Waals surface area contributed by atoms with Gasteiger partial charge in [0, 0.05) is 11.8 Å². The topological polar surface area (TPSA) is 81.7 Å². The Morgan fingerprint density at radius 2 is 1.75 bits per heavy atom. The Kier molecular flexibility index (Phi) is 5.86. The van der Waals surface area contributed by atoms with Crippen molar-refractivity contribution < 1.29 is 22.7 Å². The molecule has 0 saturated carbocycles. The van der Waals surface area contributed by atoms with Gasteiger partial charge in [-0.1, -0.05) is 31.5 Å². The van der Waals surface area contributed by atoms with Crippen LogP contribution in [0.1, 0.15) is 35.8 Å².